The highest BCUT2D eigenvalue weighted by Gasteiger charge is 2.08. The van der Waals surface area contributed by atoms with Gasteiger partial charge in [0.1, 0.15) is 0 Å². The lowest BCUT2D eigenvalue weighted by molar-refractivity contribution is 0.596. The topological polar surface area (TPSA) is 27.1 Å². The summed E-state index contributed by atoms with van der Waals surface area (Å²) in [6.45, 7) is 6.59. The predicted octanol–water partition coefficient (Wildman–Crippen LogP) is 4.01. The zero-order chi connectivity index (χ0) is 13.0. The van der Waals surface area contributed by atoms with E-state index in [2.05, 4.69) is 39.0 Å². The molecule has 0 spiro atoms. The van der Waals surface area contributed by atoms with Crippen molar-refractivity contribution in [1.29, 1.82) is 5.41 Å². The summed E-state index contributed by atoms with van der Waals surface area (Å²) in [5.74, 6) is 1.25. The van der Waals surface area contributed by atoms with Gasteiger partial charge in [-0.05, 0) is 30.4 Å². The van der Waals surface area contributed by atoms with Crippen molar-refractivity contribution in [2.75, 3.05) is 14.1 Å². The molecule has 0 aliphatic carbocycles. The highest BCUT2D eigenvalue weighted by atomic mass is 35.5. The maximum absolute atomic E-state index is 7.85. The van der Waals surface area contributed by atoms with Crippen LogP contribution in [0.4, 0.5) is 0 Å². The van der Waals surface area contributed by atoms with Gasteiger partial charge in [0.2, 0.25) is 0 Å². The number of aryl methyl sites for hydroxylation is 2. The van der Waals surface area contributed by atoms with Gasteiger partial charge in [-0.25, -0.2) is 0 Å². The Bertz CT molecular complexity index is 397. The maximum atomic E-state index is 7.85. The third-order valence-electron chi connectivity index (χ3n) is 3.09. The Morgan fingerprint density at radius 1 is 1.28 bits per heavy atom. The van der Waals surface area contributed by atoms with E-state index in [1.54, 1.807) is 0 Å². The molecule has 1 aromatic carbocycles. The van der Waals surface area contributed by atoms with E-state index in [-0.39, 0.29) is 12.4 Å². The monoisotopic (exact) mass is 268 g/mol. The van der Waals surface area contributed by atoms with E-state index in [9.17, 15) is 0 Å². The molecule has 0 bridgehead atoms. The fourth-order valence-corrected chi connectivity index (χ4v) is 1.99. The van der Waals surface area contributed by atoms with E-state index in [1.165, 1.54) is 16.7 Å². The van der Waals surface area contributed by atoms with Crippen molar-refractivity contribution < 1.29 is 0 Å². The van der Waals surface area contributed by atoms with Gasteiger partial charge < -0.3 is 4.90 Å². The van der Waals surface area contributed by atoms with Gasteiger partial charge >= 0.3 is 0 Å². The lowest BCUT2D eigenvalue weighted by Crippen LogP contribution is -2.21. The average Bonchev–Trinajstić information content (AvgIpc) is 2.25. The summed E-state index contributed by atoms with van der Waals surface area (Å²) in [4.78, 5) is 1.88. The molecule has 0 atom stereocenters. The van der Waals surface area contributed by atoms with Crippen molar-refractivity contribution >= 4 is 18.2 Å². The van der Waals surface area contributed by atoms with E-state index in [4.69, 9.17) is 5.41 Å². The Kier molecular flexibility index (Phi) is 7.00. The molecular formula is C15H25ClN2. The lowest BCUT2D eigenvalue weighted by atomic mass is 9.93. The van der Waals surface area contributed by atoms with Gasteiger partial charge in [0.15, 0.2) is 0 Å². The zero-order valence-corrected chi connectivity index (χ0v) is 12.9. The summed E-state index contributed by atoms with van der Waals surface area (Å²) in [6, 6.07) is 6.67. The van der Waals surface area contributed by atoms with Crippen LogP contribution < -0.4 is 0 Å². The maximum Gasteiger partial charge on any atom is 0.0955 e. The quantitative estimate of drug-likeness (QED) is 0.648. The van der Waals surface area contributed by atoms with Gasteiger partial charge in [-0.1, -0.05) is 37.6 Å². The second-order valence-corrected chi connectivity index (χ2v) is 5.20. The summed E-state index contributed by atoms with van der Waals surface area (Å²) in [7, 11) is 3.86. The molecule has 0 unspecified atom stereocenters. The van der Waals surface area contributed by atoms with Crippen LogP contribution >= 0.6 is 12.4 Å². The molecular weight excluding hydrogens is 244 g/mol. The average molecular weight is 269 g/mol. The molecule has 0 radical (unpaired) electrons. The van der Waals surface area contributed by atoms with Crippen molar-refractivity contribution in [3.05, 3.63) is 34.9 Å². The Balaban J connectivity index is 0.00000289. The van der Waals surface area contributed by atoms with Crippen LogP contribution in [0.15, 0.2) is 18.2 Å². The number of hydrogen-bond acceptors (Lipinski definition) is 1. The Morgan fingerprint density at radius 3 is 2.39 bits per heavy atom. The van der Waals surface area contributed by atoms with Crippen LogP contribution in [0.1, 0.15) is 42.9 Å². The Morgan fingerprint density at radius 2 is 1.89 bits per heavy atom. The van der Waals surface area contributed by atoms with Crippen LogP contribution in [0.3, 0.4) is 0 Å². The number of rotatable bonds is 4. The van der Waals surface area contributed by atoms with E-state index >= 15 is 0 Å². The molecule has 1 N–H and O–H groups in total. The third kappa shape index (κ3) is 4.69. The molecule has 0 aliphatic heterocycles. The van der Waals surface area contributed by atoms with Gasteiger partial charge in [-0.15, -0.1) is 12.4 Å². The second-order valence-electron chi connectivity index (χ2n) is 5.20. The lowest BCUT2D eigenvalue weighted by Gasteiger charge is -2.16. The molecule has 1 rings (SSSR count). The van der Waals surface area contributed by atoms with Crippen LogP contribution in [0.5, 0.6) is 0 Å². The molecule has 0 saturated carbocycles. The fourth-order valence-electron chi connectivity index (χ4n) is 1.99. The first kappa shape index (κ1) is 17.0. The van der Waals surface area contributed by atoms with E-state index < -0.39 is 0 Å². The second kappa shape index (κ2) is 7.42. The van der Waals surface area contributed by atoms with Crippen molar-refractivity contribution in [3.8, 4) is 0 Å². The van der Waals surface area contributed by atoms with Crippen LogP contribution in [-0.2, 0) is 6.42 Å². The molecule has 0 saturated heterocycles. The largest absolute Gasteiger partial charge is 0.367 e. The van der Waals surface area contributed by atoms with Gasteiger partial charge in [0.05, 0.1) is 5.84 Å². The van der Waals surface area contributed by atoms with Crippen LogP contribution in [0, 0.1) is 12.3 Å². The standard InChI is InChI=1S/C15H24N2.ClH/c1-11(2)14-8-6-12(3)10-13(14)7-9-15(16)17(4)5;/h6,8,10-11,16H,7,9H2,1-5H3;1H. The molecule has 0 heterocycles. The van der Waals surface area contributed by atoms with E-state index in [0.29, 0.717) is 11.8 Å². The van der Waals surface area contributed by atoms with E-state index in [1.807, 2.05) is 19.0 Å². The van der Waals surface area contributed by atoms with Gasteiger partial charge in [-0.3, -0.25) is 5.41 Å². The number of halogens is 1. The van der Waals surface area contributed by atoms with E-state index in [0.717, 1.165) is 12.8 Å². The van der Waals surface area contributed by atoms with Crippen molar-refractivity contribution in [2.24, 2.45) is 0 Å². The van der Waals surface area contributed by atoms with Gasteiger partial charge in [-0.2, -0.15) is 0 Å². The number of hydrogen-bond donors (Lipinski definition) is 1. The SMILES string of the molecule is Cc1ccc(C(C)C)c(CCC(=N)N(C)C)c1.Cl. The minimum Gasteiger partial charge on any atom is -0.367 e. The molecule has 0 aromatic heterocycles. The number of amidine groups is 1. The van der Waals surface area contributed by atoms with Crippen LogP contribution in [0.25, 0.3) is 0 Å². The highest BCUT2D eigenvalue weighted by Crippen LogP contribution is 2.22. The summed E-state index contributed by atoms with van der Waals surface area (Å²) in [5, 5.41) is 7.85. The van der Waals surface area contributed by atoms with Crippen molar-refractivity contribution in [2.45, 2.75) is 39.5 Å². The first-order valence-electron chi connectivity index (χ1n) is 6.26. The summed E-state index contributed by atoms with van der Waals surface area (Å²) in [6.07, 6.45) is 1.78. The third-order valence-corrected chi connectivity index (χ3v) is 3.09. The van der Waals surface area contributed by atoms with Crippen molar-refractivity contribution in [1.82, 2.24) is 4.90 Å². The summed E-state index contributed by atoms with van der Waals surface area (Å²) < 4.78 is 0. The minimum absolute atomic E-state index is 0. The number of nitrogens with one attached hydrogen (secondary N) is 1. The van der Waals surface area contributed by atoms with Gasteiger partial charge in [0, 0.05) is 20.5 Å². The first-order chi connectivity index (χ1) is 7.91. The molecule has 1 aromatic rings. The highest BCUT2D eigenvalue weighted by molar-refractivity contribution is 5.85. The van der Waals surface area contributed by atoms with Crippen molar-refractivity contribution in [3.63, 3.8) is 0 Å². The number of nitrogens with zero attached hydrogens (tertiary/aromatic N) is 1. The van der Waals surface area contributed by atoms with Gasteiger partial charge in [0.25, 0.3) is 0 Å². The molecule has 3 heteroatoms. The summed E-state index contributed by atoms with van der Waals surface area (Å²) >= 11 is 0. The Labute approximate surface area is 117 Å². The molecule has 0 amide bonds. The predicted molar refractivity (Wildman–Crippen MR) is 82.3 cm³/mol. The Hall–Kier alpha value is -1.02. The fraction of sp³-hybridized carbons (Fsp3) is 0.533. The first-order valence-corrected chi connectivity index (χ1v) is 6.26. The normalized spacial score (nSPS) is 10.1. The summed E-state index contributed by atoms with van der Waals surface area (Å²) in [5.41, 5.74) is 4.12. The molecule has 0 aliphatic rings. The number of benzene rings is 1. The molecule has 0 fully saturated rings. The van der Waals surface area contributed by atoms with Crippen LogP contribution in [-0.4, -0.2) is 24.8 Å². The molecule has 2 nitrogen and oxygen atoms in total. The minimum atomic E-state index is 0. The zero-order valence-electron chi connectivity index (χ0n) is 12.1. The van der Waals surface area contributed by atoms with Crippen LogP contribution in [0.2, 0.25) is 0 Å². The molecule has 18 heavy (non-hydrogen) atoms. The smallest absolute Gasteiger partial charge is 0.0955 e. The molecule has 102 valence electrons.